The molecule has 4 rings (SSSR count). The minimum atomic E-state index is -0.159. The average Bonchev–Trinajstić information content (AvgIpc) is 3.34. The number of carbonyl (C=O) groups is 1. The molecule has 0 aromatic carbocycles. The zero-order chi connectivity index (χ0) is 20.4. The second-order valence-electron chi connectivity index (χ2n) is 7.32. The van der Waals surface area contributed by atoms with E-state index in [0.717, 1.165) is 45.2 Å². The van der Waals surface area contributed by atoms with Crippen molar-refractivity contribution in [3.05, 3.63) is 45.2 Å². The van der Waals surface area contributed by atoms with E-state index in [1.165, 1.54) is 16.2 Å². The van der Waals surface area contributed by atoms with Gasteiger partial charge in [0.25, 0.3) is 11.5 Å². The lowest BCUT2D eigenvalue weighted by Crippen LogP contribution is -2.29. The van der Waals surface area contributed by atoms with Crippen LogP contribution in [0.15, 0.2) is 34.1 Å². The Labute approximate surface area is 179 Å². The van der Waals surface area contributed by atoms with E-state index in [1.807, 2.05) is 18.2 Å². The number of pyridine rings is 1. The molecule has 0 radical (unpaired) electrons. The van der Waals surface area contributed by atoms with E-state index >= 15 is 0 Å². The number of rotatable bonds is 6. The van der Waals surface area contributed by atoms with Gasteiger partial charge in [0.15, 0.2) is 0 Å². The molecule has 0 atom stereocenters. The van der Waals surface area contributed by atoms with Crippen LogP contribution in [0.25, 0.3) is 11.7 Å². The predicted octanol–water partition coefficient (Wildman–Crippen LogP) is 3.69. The van der Waals surface area contributed by atoms with Crippen molar-refractivity contribution in [3.63, 3.8) is 0 Å². The number of thioether (sulfide) groups is 1. The zero-order valence-corrected chi connectivity index (χ0v) is 18.1. The quantitative estimate of drug-likeness (QED) is 0.397. The van der Waals surface area contributed by atoms with Gasteiger partial charge in [-0.25, -0.2) is 4.98 Å². The SMILES string of the molecule is CCCCCN1C(=O)/C(=C/c2c(N3CCCC3)nc3ccccn3c2=O)SC1=S. The second kappa shape index (κ2) is 8.67. The topological polar surface area (TPSA) is 57.9 Å². The molecule has 152 valence electrons. The summed E-state index contributed by atoms with van der Waals surface area (Å²) < 4.78 is 2.10. The van der Waals surface area contributed by atoms with Gasteiger partial charge in [0, 0.05) is 25.8 Å². The van der Waals surface area contributed by atoms with Crippen LogP contribution in [0.4, 0.5) is 5.82 Å². The summed E-state index contributed by atoms with van der Waals surface area (Å²) in [6.07, 6.45) is 8.64. The van der Waals surface area contributed by atoms with Crippen molar-refractivity contribution in [2.24, 2.45) is 0 Å². The summed E-state index contributed by atoms with van der Waals surface area (Å²) in [4.78, 5) is 35.2. The third-order valence-electron chi connectivity index (χ3n) is 5.29. The van der Waals surface area contributed by atoms with Crippen LogP contribution >= 0.6 is 24.0 Å². The standard InChI is InChI=1S/C21H24N4O2S2/c1-2-3-5-13-25-20(27)16(29-21(25)28)14-15-18(23-10-7-8-11-23)22-17-9-4-6-12-24(17)19(15)26/h4,6,9,12,14H,2-3,5,7-8,10-11,13H2,1H3/b16-14-. The third kappa shape index (κ3) is 3.96. The summed E-state index contributed by atoms with van der Waals surface area (Å²) in [7, 11) is 0. The van der Waals surface area contributed by atoms with Crippen molar-refractivity contribution >= 4 is 51.7 Å². The van der Waals surface area contributed by atoms with E-state index < -0.39 is 0 Å². The summed E-state index contributed by atoms with van der Waals surface area (Å²) in [5, 5.41) is 0. The second-order valence-corrected chi connectivity index (χ2v) is 8.99. The summed E-state index contributed by atoms with van der Waals surface area (Å²) in [5.74, 6) is 0.552. The molecule has 1 amide bonds. The summed E-state index contributed by atoms with van der Waals surface area (Å²) in [5.41, 5.74) is 0.919. The largest absolute Gasteiger partial charge is 0.356 e. The lowest BCUT2D eigenvalue weighted by atomic mass is 10.2. The molecular weight excluding hydrogens is 404 g/mol. The highest BCUT2D eigenvalue weighted by Crippen LogP contribution is 2.34. The van der Waals surface area contributed by atoms with E-state index in [0.29, 0.717) is 32.8 Å². The highest BCUT2D eigenvalue weighted by atomic mass is 32.2. The fourth-order valence-electron chi connectivity index (χ4n) is 3.73. The Hall–Kier alpha value is -2.19. The minimum absolute atomic E-state index is 0.110. The highest BCUT2D eigenvalue weighted by molar-refractivity contribution is 8.26. The number of nitrogens with zero attached hydrogens (tertiary/aromatic N) is 4. The number of thiocarbonyl (C=S) groups is 1. The van der Waals surface area contributed by atoms with Crippen LogP contribution in [-0.4, -0.2) is 44.1 Å². The monoisotopic (exact) mass is 428 g/mol. The van der Waals surface area contributed by atoms with Crippen LogP contribution in [0.1, 0.15) is 44.6 Å². The van der Waals surface area contributed by atoms with Gasteiger partial charge in [-0.05, 0) is 37.5 Å². The van der Waals surface area contributed by atoms with Crippen molar-refractivity contribution < 1.29 is 4.79 Å². The molecule has 6 nitrogen and oxygen atoms in total. The Morgan fingerprint density at radius 1 is 1.21 bits per heavy atom. The van der Waals surface area contributed by atoms with E-state index in [-0.39, 0.29) is 11.5 Å². The summed E-state index contributed by atoms with van der Waals surface area (Å²) in [6, 6.07) is 5.51. The Bertz CT molecular complexity index is 1040. The van der Waals surface area contributed by atoms with Gasteiger partial charge in [0.1, 0.15) is 15.8 Å². The first kappa shape index (κ1) is 20.1. The van der Waals surface area contributed by atoms with Gasteiger partial charge >= 0.3 is 0 Å². The summed E-state index contributed by atoms with van der Waals surface area (Å²) in [6.45, 7) is 4.50. The van der Waals surface area contributed by atoms with Crippen molar-refractivity contribution in [3.8, 4) is 0 Å². The Morgan fingerprint density at radius 2 is 2.00 bits per heavy atom. The van der Waals surface area contributed by atoms with Crippen LogP contribution in [0, 0.1) is 0 Å². The number of anilines is 1. The normalized spacial score (nSPS) is 18.6. The predicted molar refractivity (Wildman–Crippen MR) is 122 cm³/mol. The van der Waals surface area contributed by atoms with Gasteiger partial charge in [-0.3, -0.25) is 18.9 Å². The fraction of sp³-hybridized carbons (Fsp3) is 0.429. The number of unbranched alkanes of at least 4 members (excludes halogenated alkanes) is 2. The van der Waals surface area contributed by atoms with E-state index in [2.05, 4.69) is 11.8 Å². The molecule has 2 aliphatic rings. The van der Waals surface area contributed by atoms with Gasteiger partial charge in [0.2, 0.25) is 0 Å². The number of fused-ring (bicyclic) bond motifs is 1. The first-order valence-electron chi connectivity index (χ1n) is 10.1. The molecule has 0 saturated carbocycles. The lowest BCUT2D eigenvalue weighted by molar-refractivity contribution is -0.122. The lowest BCUT2D eigenvalue weighted by Gasteiger charge is -2.19. The molecule has 0 aliphatic carbocycles. The highest BCUT2D eigenvalue weighted by Gasteiger charge is 2.32. The molecule has 8 heteroatoms. The maximum atomic E-state index is 13.3. The number of carbonyl (C=O) groups excluding carboxylic acids is 1. The van der Waals surface area contributed by atoms with Crippen LogP contribution in [0.2, 0.25) is 0 Å². The molecule has 0 N–H and O–H groups in total. The average molecular weight is 429 g/mol. The van der Waals surface area contributed by atoms with Gasteiger partial charge in [-0.2, -0.15) is 0 Å². The van der Waals surface area contributed by atoms with Crippen LogP contribution < -0.4 is 10.5 Å². The van der Waals surface area contributed by atoms with Crippen LogP contribution in [-0.2, 0) is 4.79 Å². The van der Waals surface area contributed by atoms with E-state index in [4.69, 9.17) is 17.2 Å². The van der Waals surface area contributed by atoms with Gasteiger partial charge < -0.3 is 4.90 Å². The van der Waals surface area contributed by atoms with Crippen molar-refractivity contribution in [2.75, 3.05) is 24.5 Å². The molecule has 2 fully saturated rings. The first-order chi connectivity index (χ1) is 14.1. The van der Waals surface area contributed by atoms with Crippen molar-refractivity contribution in [1.29, 1.82) is 0 Å². The van der Waals surface area contributed by atoms with Crippen LogP contribution in [0.5, 0.6) is 0 Å². The van der Waals surface area contributed by atoms with Gasteiger partial charge in [0.05, 0.1) is 10.5 Å². The summed E-state index contributed by atoms with van der Waals surface area (Å²) >= 11 is 6.70. The van der Waals surface area contributed by atoms with Gasteiger partial charge in [-0.15, -0.1) is 0 Å². The van der Waals surface area contributed by atoms with E-state index in [9.17, 15) is 9.59 Å². The minimum Gasteiger partial charge on any atom is -0.356 e. The maximum Gasteiger partial charge on any atom is 0.267 e. The Morgan fingerprint density at radius 3 is 2.76 bits per heavy atom. The smallest absolute Gasteiger partial charge is 0.267 e. The van der Waals surface area contributed by atoms with Crippen molar-refractivity contribution in [1.82, 2.24) is 14.3 Å². The number of hydrogen-bond donors (Lipinski definition) is 0. The molecule has 2 aromatic heterocycles. The Balaban J connectivity index is 1.76. The molecule has 2 aliphatic heterocycles. The Kier molecular flexibility index (Phi) is 6.01. The van der Waals surface area contributed by atoms with E-state index in [1.54, 1.807) is 17.2 Å². The molecule has 0 spiro atoms. The zero-order valence-electron chi connectivity index (χ0n) is 16.5. The fourth-order valence-corrected chi connectivity index (χ4v) is 5.02. The molecule has 0 unspecified atom stereocenters. The molecule has 2 aromatic rings. The maximum absolute atomic E-state index is 13.3. The molecular formula is C21H24N4O2S2. The van der Waals surface area contributed by atoms with Crippen LogP contribution in [0.3, 0.4) is 0 Å². The number of hydrogen-bond acceptors (Lipinski definition) is 6. The third-order valence-corrected chi connectivity index (χ3v) is 6.67. The van der Waals surface area contributed by atoms with Crippen molar-refractivity contribution in [2.45, 2.75) is 39.0 Å². The molecule has 29 heavy (non-hydrogen) atoms. The number of aromatic nitrogens is 2. The molecule has 2 saturated heterocycles. The number of amides is 1. The van der Waals surface area contributed by atoms with Gasteiger partial charge in [-0.1, -0.05) is 49.8 Å². The first-order valence-corrected chi connectivity index (χ1v) is 11.3. The molecule has 4 heterocycles. The molecule has 0 bridgehead atoms.